The number of nitrogens with one attached hydrogen (secondary N) is 1. The van der Waals surface area contributed by atoms with Crippen molar-refractivity contribution in [2.45, 2.75) is 57.2 Å². The zero-order chi connectivity index (χ0) is 19.8. The van der Waals surface area contributed by atoms with E-state index in [0.29, 0.717) is 5.75 Å². The minimum absolute atomic E-state index is 0.0294. The number of benzene rings is 1. The van der Waals surface area contributed by atoms with E-state index in [1.807, 2.05) is 0 Å². The lowest BCUT2D eigenvalue weighted by atomic mass is 9.95. The molecule has 0 radical (unpaired) electrons. The van der Waals surface area contributed by atoms with Crippen LogP contribution in [0.2, 0.25) is 0 Å². The maximum Gasteiger partial charge on any atom is 0.223 e. The van der Waals surface area contributed by atoms with Crippen LogP contribution in [0.5, 0.6) is 5.75 Å². The lowest BCUT2D eigenvalue weighted by molar-refractivity contribution is -0.361. The van der Waals surface area contributed by atoms with Crippen LogP contribution in [-0.4, -0.2) is 59.3 Å². The molecule has 0 aromatic heterocycles. The van der Waals surface area contributed by atoms with Crippen molar-refractivity contribution < 1.29 is 34.1 Å². The molecular weight excluding hydrogens is 360 g/mol. The number of amides is 1. The normalized spacial score (nSPS) is 32.3. The summed E-state index contributed by atoms with van der Waals surface area (Å²) in [7, 11) is 0. The SMILES string of the molecule is CC(=O)N[C@@H]1[C@H](Oc2ccc(N([O-])O)cc2)O[C@@H]2COC(C)(C)O[C@@H]2[C@@H]1O. The number of hydrogen-bond donors (Lipinski definition) is 3. The highest BCUT2D eigenvalue weighted by Gasteiger charge is 2.52. The Morgan fingerprint density at radius 1 is 1.37 bits per heavy atom. The number of hydrogen-bond acceptors (Lipinski definition) is 9. The monoisotopic (exact) mass is 383 g/mol. The minimum atomic E-state index is -1.09. The second kappa shape index (κ2) is 7.58. The number of aliphatic hydroxyl groups excluding tert-OH is 1. The van der Waals surface area contributed by atoms with Gasteiger partial charge >= 0.3 is 0 Å². The summed E-state index contributed by atoms with van der Waals surface area (Å²) in [5, 5.41) is 32.9. The van der Waals surface area contributed by atoms with Gasteiger partial charge in [-0.2, -0.15) is 0 Å². The Kier molecular flexibility index (Phi) is 5.56. The Labute approximate surface area is 156 Å². The van der Waals surface area contributed by atoms with Gasteiger partial charge in [0.2, 0.25) is 12.2 Å². The van der Waals surface area contributed by atoms with Gasteiger partial charge in [0.1, 0.15) is 30.1 Å². The van der Waals surface area contributed by atoms with Crippen LogP contribution < -0.4 is 15.3 Å². The lowest BCUT2D eigenvalue weighted by Gasteiger charge is -2.49. The number of anilines is 1. The first kappa shape index (κ1) is 19.8. The van der Waals surface area contributed by atoms with E-state index in [9.17, 15) is 15.1 Å². The van der Waals surface area contributed by atoms with E-state index >= 15 is 0 Å². The molecule has 1 amide bonds. The van der Waals surface area contributed by atoms with E-state index in [2.05, 4.69) is 5.32 Å². The summed E-state index contributed by atoms with van der Waals surface area (Å²) in [6.45, 7) is 4.97. The highest BCUT2D eigenvalue weighted by atomic mass is 16.8. The van der Waals surface area contributed by atoms with Crippen LogP contribution in [0.25, 0.3) is 0 Å². The fraction of sp³-hybridized carbons (Fsp3) is 0.588. The molecule has 0 aliphatic carbocycles. The van der Waals surface area contributed by atoms with Crippen LogP contribution in [0.15, 0.2) is 24.3 Å². The molecule has 2 fully saturated rings. The first-order valence-corrected chi connectivity index (χ1v) is 8.51. The van der Waals surface area contributed by atoms with Gasteiger partial charge in [0.25, 0.3) is 0 Å². The van der Waals surface area contributed by atoms with Crippen LogP contribution in [-0.2, 0) is 19.0 Å². The molecule has 0 spiro atoms. The van der Waals surface area contributed by atoms with Crippen LogP contribution in [0.1, 0.15) is 20.8 Å². The molecule has 0 unspecified atom stereocenters. The highest BCUT2D eigenvalue weighted by molar-refractivity contribution is 5.73. The second-order valence-electron chi connectivity index (χ2n) is 6.94. The molecule has 5 atom stereocenters. The van der Waals surface area contributed by atoms with E-state index < -0.39 is 36.4 Å². The van der Waals surface area contributed by atoms with Crippen molar-refractivity contribution in [3.05, 3.63) is 29.5 Å². The van der Waals surface area contributed by atoms with E-state index in [0.717, 1.165) is 0 Å². The number of rotatable bonds is 4. The molecular formula is C17H23N2O8-. The molecule has 2 aliphatic heterocycles. The fourth-order valence-electron chi connectivity index (χ4n) is 3.12. The molecule has 10 heteroatoms. The van der Waals surface area contributed by atoms with Crippen molar-refractivity contribution in [2.24, 2.45) is 0 Å². The van der Waals surface area contributed by atoms with Crippen molar-refractivity contribution in [3.63, 3.8) is 0 Å². The number of fused-ring (bicyclic) bond motifs is 1. The topological polar surface area (TPSA) is 133 Å². The average molecular weight is 383 g/mol. The van der Waals surface area contributed by atoms with E-state index in [-0.39, 0.29) is 23.4 Å². The Bertz CT molecular complexity index is 665. The maximum atomic E-state index is 11.6. The maximum absolute atomic E-state index is 11.6. The predicted octanol–water partition coefficient (Wildman–Crippen LogP) is 0.501. The van der Waals surface area contributed by atoms with Gasteiger partial charge in [0.15, 0.2) is 5.79 Å². The summed E-state index contributed by atoms with van der Waals surface area (Å²) >= 11 is 0. The van der Waals surface area contributed by atoms with Gasteiger partial charge in [-0.15, -0.1) is 0 Å². The largest absolute Gasteiger partial charge is 0.733 e. The summed E-state index contributed by atoms with van der Waals surface area (Å²) in [6.07, 6.45) is -3.38. The standard InChI is InChI=1S/C17H23N2O8/c1-9(20)18-13-14(21)15-12(8-24-17(2,3)27-15)26-16(13)25-11-6-4-10(5-7-11)19(22)23/h4-7,12-16,21-22H,8H2,1-3H3,(H,18,20)/q-1/t12-,13+,14-,15+,16-/m1/s1. The molecule has 3 rings (SSSR count). The summed E-state index contributed by atoms with van der Waals surface area (Å²) < 4.78 is 23.0. The summed E-state index contributed by atoms with van der Waals surface area (Å²) in [5.41, 5.74) is 0.0294. The number of carbonyl (C=O) groups excluding carboxylic acids is 1. The summed E-state index contributed by atoms with van der Waals surface area (Å²) in [4.78, 5) is 11.6. The smallest absolute Gasteiger partial charge is 0.223 e. The number of carbonyl (C=O) groups is 1. The number of aliphatic hydroxyl groups is 1. The first-order valence-electron chi connectivity index (χ1n) is 8.51. The Morgan fingerprint density at radius 3 is 2.63 bits per heavy atom. The van der Waals surface area contributed by atoms with Gasteiger partial charge in [-0.3, -0.25) is 10.0 Å². The molecule has 10 nitrogen and oxygen atoms in total. The van der Waals surface area contributed by atoms with Crippen molar-refractivity contribution in [1.29, 1.82) is 0 Å². The molecule has 0 bridgehead atoms. The van der Waals surface area contributed by atoms with E-state index in [1.54, 1.807) is 13.8 Å². The molecule has 2 saturated heterocycles. The van der Waals surface area contributed by atoms with E-state index in [1.165, 1.54) is 31.2 Å². The number of nitrogens with zero attached hydrogens (tertiary/aromatic N) is 1. The third-order valence-electron chi connectivity index (χ3n) is 4.37. The van der Waals surface area contributed by atoms with Gasteiger partial charge in [-0.05, 0) is 38.1 Å². The van der Waals surface area contributed by atoms with Crippen molar-refractivity contribution in [3.8, 4) is 5.75 Å². The highest BCUT2D eigenvalue weighted by Crippen LogP contribution is 2.33. The molecule has 1 aromatic carbocycles. The van der Waals surface area contributed by atoms with Gasteiger partial charge in [0, 0.05) is 6.92 Å². The minimum Gasteiger partial charge on any atom is -0.733 e. The average Bonchev–Trinajstić information content (AvgIpc) is 2.59. The molecule has 1 aromatic rings. The second-order valence-corrected chi connectivity index (χ2v) is 6.94. The Morgan fingerprint density at radius 2 is 2.04 bits per heavy atom. The Hall–Kier alpha value is -1.95. The molecule has 2 aliphatic rings. The molecule has 150 valence electrons. The van der Waals surface area contributed by atoms with Gasteiger partial charge in [-0.1, -0.05) is 0 Å². The summed E-state index contributed by atoms with van der Waals surface area (Å²) in [5.74, 6) is -0.923. The molecule has 0 saturated carbocycles. The first-order chi connectivity index (χ1) is 12.7. The van der Waals surface area contributed by atoms with Crippen LogP contribution in [0.3, 0.4) is 0 Å². The van der Waals surface area contributed by atoms with Crippen LogP contribution in [0.4, 0.5) is 5.69 Å². The third-order valence-corrected chi connectivity index (χ3v) is 4.37. The van der Waals surface area contributed by atoms with Gasteiger partial charge in [0.05, 0.1) is 12.3 Å². The number of ether oxygens (including phenoxy) is 4. The van der Waals surface area contributed by atoms with Crippen molar-refractivity contribution >= 4 is 11.6 Å². The third kappa shape index (κ3) is 4.49. The van der Waals surface area contributed by atoms with Crippen molar-refractivity contribution in [2.75, 3.05) is 11.8 Å². The van der Waals surface area contributed by atoms with Crippen LogP contribution in [0, 0.1) is 5.21 Å². The lowest BCUT2D eigenvalue weighted by Crippen LogP contribution is -2.69. The quantitative estimate of drug-likeness (QED) is 0.636. The van der Waals surface area contributed by atoms with Gasteiger partial charge < -0.3 is 39.8 Å². The Balaban J connectivity index is 1.78. The zero-order valence-electron chi connectivity index (χ0n) is 15.2. The zero-order valence-corrected chi connectivity index (χ0v) is 15.2. The fourth-order valence-corrected chi connectivity index (χ4v) is 3.12. The predicted molar refractivity (Wildman–Crippen MR) is 91.9 cm³/mol. The van der Waals surface area contributed by atoms with Crippen LogP contribution >= 0.6 is 0 Å². The molecule has 27 heavy (non-hydrogen) atoms. The molecule has 3 N–H and O–H groups in total. The van der Waals surface area contributed by atoms with Gasteiger partial charge in [-0.25, -0.2) is 0 Å². The van der Waals surface area contributed by atoms with E-state index in [4.69, 9.17) is 24.2 Å². The summed E-state index contributed by atoms with van der Waals surface area (Å²) in [6, 6.07) is 4.74. The molecule has 2 heterocycles. The van der Waals surface area contributed by atoms with Crippen molar-refractivity contribution in [1.82, 2.24) is 5.32 Å².